The molecule has 7 heteroatoms. The number of methoxy groups -OCH3 is 1. The number of hydrogen-bond donors (Lipinski definition) is 1. The van der Waals surface area contributed by atoms with Gasteiger partial charge in [-0.2, -0.15) is 5.10 Å². The van der Waals surface area contributed by atoms with Gasteiger partial charge in [-0.05, 0) is 28.8 Å². The van der Waals surface area contributed by atoms with Crippen molar-refractivity contribution < 1.29 is 9.53 Å². The molecule has 19 heavy (non-hydrogen) atoms. The molecule has 0 radical (unpaired) electrons. The predicted molar refractivity (Wildman–Crippen MR) is 74.6 cm³/mol. The van der Waals surface area contributed by atoms with Crippen LogP contribution in [0.25, 0.3) is 0 Å². The number of halogens is 1. The van der Waals surface area contributed by atoms with Gasteiger partial charge in [-0.1, -0.05) is 0 Å². The summed E-state index contributed by atoms with van der Waals surface area (Å²) in [5.41, 5.74) is 5.77. The number of amides is 1. The lowest BCUT2D eigenvalue weighted by molar-refractivity contribution is -0.135. The van der Waals surface area contributed by atoms with E-state index in [1.807, 2.05) is 15.8 Å². The average molecular weight is 331 g/mol. The zero-order chi connectivity index (χ0) is 13.8. The molecule has 106 valence electrons. The molecule has 1 fully saturated rings. The van der Waals surface area contributed by atoms with E-state index >= 15 is 0 Å². The highest BCUT2D eigenvalue weighted by molar-refractivity contribution is 9.10. The first-order chi connectivity index (χ1) is 9.11. The molecular weight excluding hydrogens is 312 g/mol. The van der Waals surface area contributed by atoms with Gasteiger partial charge in [0.15, 0.2) is 0 Å². The third kappa shape index (κ3) is 3.55. The van der Waals surface area contributed by atoms with Crippen LogP contribution >= 0.6 is 15.9 Å². The van der Waals surface area contributed by atoms with E-state index in [-0.39, 0.29) is 12.5 Å². The van der Waals surface area contributed by atoms with Crippen LogP contribution in [0.1, 0.15) is 18.9 Å². The first-order valence-corrected chi connectivity index (χ1v) is 7.14. The summed E-state index contributed by atoms with van der Waals surface area (Å²) < 4.78 is 7.86. The first-order valence-electron chi connectivity index (χ1n) is 6.34. The number of rotatable bonds is 4. The van der Waals surface area contributed by atoms with E-state index in [9.17, 15) is 4.79 Å². The Kier molecular flexibility index (Phi) is 4.95. The lowest BCUT2D eigenvalue weighted by atomic mass is 10.0. The molecule has 2 N–H and O–H groups in total. The molecule has 1 atom stereocenters. The van der Waals surface area contributed by atoms with Crippen LogP contribution in [-0.4, -0.2) is 53.4 Å². The second kappa shape index (κ2) is 6.49. The number of hydrogen-bond acceptors (Lipinski definition) is 4. The molecule has 0 aromatic carbocycles. The van der Waals surface area contributed by atoms with Crippen LogP contribution in [0.4, 0.5) is 0 Å². The summed E-state index contributed by atoms with van der Waals surface area (Å²) in [6, 6.07) is -0.200. The van der Waals surface area contributed by atoms with E-state index in [1.165, 1.54) is 0 Å². The Morgan fingerprint density at radius 1 is 1.63 bits per heavy atom. The minimum atomic E-state index is -0.555. The van der Waals surface area contributed by atoms with Crippen LogP contribution in [-0.2, 0) is 9.53 Å². The maximum atomic E-state index is 12.0. The smallest absolute Gasteiger partial charge is 0.241 e. The number of carbonyl (C=O) groups excluding carboxylic acids is 1. The Hall–Kier alpha value is -0.920. The number of carbonyl (C=O) groups is 1. The Balaban J connectivity index is 1.87. The summed E-state index contributed by atoms with van der Waals surface area (Å²) in [6.45, 7) is 1.71. The molecule has 1 aliphatic rings. The van der Waals surface area contributed by atoms with Gasteiger partial charge in [0.2, 0.25) is 5.91 Å². The van der Waals surface area contributed by atoms with Gasteiger partial charge in [0.1, 0.15) is 6.04 Å². The van der Waals surface area contributed by atoms with Gasteiger partial charge in [-0.15, -0.1) is 0 Å². The molecule has 1 unspecified atom stereocenters. The largest absolute Gasteiger partial charge is 0.383 e. The van der Waals surface area contributed by atoms with Gasteiger partial charge in [0.05, 0.1) is 23.3 Å². The van der Waals surface area contributed by atoms with Crippen molar-refractivity contribution in [2.75, 3.05) is 26.8 Å². The molecule has 0 bridgehead atoms. The van der Waals surface area contributed by atoms with Crippen molar-refractivity contribution in [2.24, 2.45) is 5.73 Å². The summed E-state index contributed by atoms with van der Waals surface area (Å²) in [5.74, 6) is -0.0260. The number of nitrogens with zero attached hydrogens (tertiary/aromatic N) is 3. The zero-order valence-corrected chi connectivity index (χ0v) is 12.5. The highest BCUT2D eigenvalue weighted by Gasteiger charge is 2.27. The molecule has 0 spiro atoms. The Morgan fingerprint density at radius 3 is 2.84 bits per heavy atom. The van der Waals surface area contributed by atoms with Crippen LogP contribution in [0.3, 0.4) is 0 Å². The van der Waals surface area contributed by atoms with Gasteiger partial charge in [-0.3, -0.25) is 9.48 Å². The highest BCUT2D eigenvalue weighted by atomic mass is 79.9. The standard InChI is InChI=1S/C12H19BrN4O2/c1-19-8-11(14)12(18)16-4-2-10(3-5-16)17-7-9(13)6-15-17/h6-7,10-11H,2-5,8,14H2,1H3. The van der Waals surface area contributed by atoms with E-state index < -0.39 is 6.04 Å². The number of nitrogens with two attached hydrogens (primary N) is 1. The van der Waals surface area contributed by atoms with Gasteiger partial charge in [0, 0.05) is 26.4 Å². The molecule has 0 aliphatic carbocycles. The minimum Gasteiger partial charge on any atom is -0.383 e. The number of likely N-dealkylation sites (tertiary alicyclic amines) is 1. The molecular formula is C12H19BrN4O2. The Morgan fingerprint density at radius 2 is 2.32 bits per heavy atom. The van der Waals surface area contributed by atoms with E-state index in [1.54, 1.807) is 13.3 Å². The molecule has 6 nitrogen and oxygen atoms in total. The lowest BCUT2D eigenvalue weighted by Crippen LogP contribution is -2.49. The van der Waals surface area contributed by atoms with E-state index in [0.717, 1.165) is 30.4 Å². The van der Waals surface area contributed by atoms with Gasteiger partial charge < -0.3 is 15.4 Å². The fourth-order valence-electron chi connectivity index (χ4n) is 2.35. The summed E-state index contributed by atoms with van der Waals surface area (Å²) in [6.07, 6.45) is 5.56. The second-order valence-corrected chi connectivity index (χ2v) is 5.67. The molecule has 1 saturated heterocycles. The highest BCUT2D eigenvalue weighted by Crippen LogP contribution is 2.23. The SMILES string of the molecule is COCC(N)C(=O)N1CCC(n2cc(Br)cn2)CC1. The molecule has 2 heterocycles. The van der Waals surface area contributed by atoms with Gasteiger partial charge in [0.25, 0.3) is 0 Å². The molecule has 1 aromatic heterocycles. The maximum absolute atomic E-state index is 12.0. The number of ether oxygens (including phenoxy) is 1. The molecule has 1 aromatic rings. The van der Waals surface area contributed by atoms with Crippen LogP contribution in [0, 0.1) is 0 Å². The summed E-state index contributed by atoms with van der Waals surface area (Å²) in [5, 5.41) is 4.30. The topological polar surface area (TPSA) is 73.4 Å². The lowest BCUT2D eigenvalue weighted by Gasteiger charge is -2.33. The van der Waals surface area contributed by atoms with Crippen molar-refractivity contribution >= 4 is 21.8 Å². The molecule has 2 rings (SSSR count). The third-order valence-electron chi connectivity index (χ3n) is 3.38. The van der Waals surface area contributed by atoms with E-state index in [0.29, 0.717) is 6.04 Å². The van der Waals surface area contributed by atoms with Crippen LogP contribution in [0.15, 0.2) is 16.9 Å². The number of aromatic nitrogens is 2. The van der Waals surface area contributed by atoms with E-state index in [2.05, 4.69) is 21.0 Å². The molecule has 0 saturated carbocycles. The summed E-state index contributed by atoms with van der Waals surface area (Å²) in [4.78, 5) is 13.8. The maximum Gasteiger partial charge on any atom is 0.241 e. The fraction of sp³-hybridized carbons (Fsp3) is 0.667. The van der Waals surface area contributed by atoms with Crippen molar-refractivity contribution in [1.82, 2.24) is 14.7 Å². The van der Waals surface area contributed by atoms with Crippen molar-refractivity contribution in [2.45, 2.75) is 24.9 Å². The second-order valence-electron chi connectivity index (χ2n) is 4.76. The molecule has 1 aliphatic heterocycles. The summed E-state index contributed by atoms with van der Waals surface area (Å²) in [7, 11) is 1.55. The Bertz CT molecular complexity index is 429. The average Bonchev–Trinajstić information content (AvgIpc) is 2.85. The first kappa shape index (κ1) is 14.5. The van der Waals surface area contributed by atoms with Crippen molar-refractivity contribution in [3.8, 4) is 0 Å². The van der Waals surface area contributed by atoms with Gasteiger partial charge >= 0.3 is 0 Å². The fourth-order valence-corrected chi connectivity index (χ4v) is 2.65. The van der Waals surface area contributed by atoms with Crippen LogP contribution in [0.5, 0.6) is 0 Å². The zero-order valence-electron chi connectivity index (χ0n) is 11.0. The monoisotopic (exact) mass is 330 g/mol. The van der Waals surface area contributed by atoms with Crippen molar-refractivity contribution in [1.29, 1.82) is 0 Å². The minimum absolute atomic E-state index is 0.0260. The van der Waals surface area contributed by atoms with Crippen molar-refractivity contribution in [3.63, 3.8) is 0 Å². The number of piperidine rings is 1. The Labute approximate surface area is 121 Å². The van der Waals surface area contributed by atoms with Crippen LogP contribution < -0.4 is 5.73 Å². The van der Waals surface area contributed by atoms with Gasteiger partial charge in [-0.25, -0.2) is 0 Å². The molecule has 1 amide bonds. The van der Waals surface area contributed by atoms with E-state index in [4.69, 9.17) is 10.5 Å². The predicted octanol–water partition coefficient (Wildman–Crippen LogP) is 0.783. The summed E-state index contributed by atoms with van der Waals surface area (Å²) >= 11 is 3.39. The van der Waals surface area contributed by atoms with Crippen LogP contribution in [0.2, 0.25) is 0 Å². The quantitative estimate of drug-likeness (QED) is 0.885. The normalized spacial score (nSPS) is 18.6. The van der Waals surface area contributed by atoms with Crippen molar-refractivity contribution in [3.05, 3.63) is 16.9 Å². The third-order valence-corrected chi connectivity index (χ3v) is 3.79.